The molecule has 0 unspecified atom stereocenters. The highest BCUT2D eigenvalue weighted by Gasteiger charge is 2.04. The number of ether oxygens (including phenoxy) is 1. The SMILES string of the molecule is COc1ccc(CC(=O)Nc2ccc(Cl)cc2)cc1. The third-order valence-corrected chi connectivity index (χ3v) is 2.90. The average Bonchev–Trinajstić information content (AvgIpc) is 2.42. The molecular formula is C15H14ClNO2. The number of rotatable bonds is 4. The van der Waals surface area contributed by atoms with Gasteiger partial charge in [0.15, 0.2) is 0 Å². The molecular weight excluding hydrogens is 262 g/mol. The number of nitrogens with one attached hydrogen (secondary N) is 1. The second kappa shape index (κ2) is 6.25. The van der Waals surface area contributed by atoms with Crippen molar-refractivity contribution in [2.75, 3.05) is 12.4 Å². The fourth-order valence-electron chi connectivity index (χ4n) is 1.67. The minimum absolute atomic E-state index is 0.0625. The molecule has 2 aromatic carbocycles. The third kappa shape index (κ3) is 4.00. The summed E-state index contributed by atoms with van der Waals surface area (Å²) in [6.45, 7) is 0. The lowest BCUT2D eigenvalue weighted by Gasteiger charge is -2.06. The van der Waals surface area contributed by atoms with Gasteiger partial charge in [-0.05, 0) is 42.0 Å². The minimum atomic E-state index is -0.0625. The van der Waals surface area contributed by atoms with Crippen molar-refractivity contribution < 1.29 is 9.53 Å². The van der Waals surface area contributed by atoms with Gasteiger partial charge in [-0.3, -0.25) is 4.79 Å². The first-order valence-electron chi connectivity index (χ1n) is 5.86. The quantitative estimate of drug-likeness (QED) is 0.927. The highest BCUT2D eigenvalue weighted by molar-refractivity contribution is 6.30. The van der Waals surface area contributed by atoms with Crippen LogP contribution in [0, 0.1) is 0 Å². The fraction of sp³-hybridized carbons (Fsp3) is 0.133. The van der Waals surface area contributed by atoms with Gasteiger partial charge < -0.3 is 10.1 Å². The molecule has 0 fully saturated rings. The number of hydrogen-bond donors (Lipinski definition) is 1. The number of hydrogen-bond acceptors (Lipinski definition) is 2. The molecule has 0 aliphatic carbocycles. The summed E-state index contributed by atoms with van der Waals surface area (Å²) in [5.74, 6) is 0.717. The second-order valence-electron chi connectivity index (χ2n) is 4.08. The number of amides is 1. The lowest BCUT2D eigenvalue weighted by atomic mass is 10.1. The van der Waals surface area contributed by atoms with Crippen LogP contribution in [-0.4, -0.2) is 13.0 Å². The molecule has 0 spiro atoms. The van der Waals surface area contributed by atoms with Crippen LogP contribution < -0.4 is 10.1 Å². The van der Waals surface area contributed by atoms with Crippen LogP contribution in [0.15, 0.2) is 48.5 Å². The predicted molar refractivity (Wildman–Crippen MR) is 76.8 cm³/mol. The van der Waals surface area contributed by atoms with Crippen LogP contribution in [0.1, 0.15) is 5.56 Å². The van der Waals surface area contributed by atoms with Gasteiger partial charge in [-0.15, -0.1) is 0 Å². The molecule has 1 amide bonds. The van der Waals surface area contributed by atoms with Crippen LogP contribution in [0.4, 0.5) is 5.69 Å². The van der Waals surface area contributed by atoms with Crippen LogP contribution in [0.25, 0.3) is 0 Å². The highest BCUT2D eigenvalue weighted by Crippen LogP contribution is 2.15. The Labute approximate surface area is 117 Å². The van der Waals surface area contributed by atoms with Gasteiger partial charge in [-0.1, -0.05) is 23.7 Å². The van der Waals surface area contributed by atoms with Gasteiger partial charge in [-0.25, -0.2) is 0 Å². The molecule has 4 heteroatoms. The number of carbonyl (C=O) groups excluding carboxylic acids is 1. The van der Waals surface area contributed by atoms with Crippen LogP contribution >= 0.6 is 11.6 Å². The van der Waals surface area contributed by atoms with Crippen LogP contribution in [0.2, 0.25) is 5.02 Å². The third-order valence-electron chi connectivity index (χ3n) is 2.65. The number of anilines is 1. The summed E-state index contributed by atoms with van der Waals surface area (Å²) in [5.41, 5.74) is 1.68. The molecule has 98 valence electrons. The molecule has 0 radical (unpaired) electrons. The van der Waals surface area contributed by atoms with Crippen LogP contribution in [0.5, 0.6) is 5.75 Å². The van der Waals surface area contributed by atoms with Crippen molar-refractivity contribution in [2.45, 2.75) is 6.42 Å². The summed E-state index contributed by atoms with van der Waals surface area (Å²) in [4.78, 5) is 11.8. The number of halogens is 1. The van der Waals surface area contributed by atoms with Crippen LogP contribution in [-0.2, 0) is 11.2 Å². The maximum atomic E-state index is 11.8. The Balaban J connectivity index is 1.95. The van der Waals surface area contributed by atoms with Gasteiger partial charge >= 0.3 is 0 Å². The molecule has 19 heavy (non-hydrogen) atoms. The van der Waals surface area contributed by atoms with Gasteiger partial charge in [0.25, 0.3) is 0 Å². The van der Waals surface area contributed by atoms with E-state index in [1.807, 2.05) is 24.3 Å². The van der Waals surface area contributed by atoms with Gasteiger partial charge in [0.05, 0.1) is 13.5 Å². The molecule has 0 aromatic heterocycles. The number of benzene rings is 2. The Morgan fingerprint density at radius 3 is 2.32 bits per heavy atom. The molecule has 2 rings (SSSR count). The Bertz CT molecular complexity index is 549. The molecule has 1 N–H and O–H groups in total. The van der Waals surface area contributed by atoms with E-state index in [4.69, 9.17) is 16.3 Å². The van der Waals surface area contributed by atoms with Crippen molar-refractivity contribution in [2.24, 2.45) is 0 Å². The predicted octanol–water partition coefficient (Wildman–Crippen LogP) is 3.53. The lowest BCUT2D eigenvalue weighted by molar-refractivity contribution is -0.115. The molecule has 0 aliphatic heterocycles. The molecule has 3 nitrogen and oxygen atoms in total. The summed E-state index contributed by atoms with van der Waals surface area (Å²) in [6.07, 6.45) is 0.326. The highest BCUT2D eigenvalue weighted by atomic mass is 35.5. The standard InChI is InChI=1S/C15H14ClNO2/c1-19-14-8-2-11(3-9-14)10-15(18)17-13-6-4-12(16)5-7-13/h2-9H,10H2,1H3,(H,17,18). The Morgan fingerprint density at radius 1 is 1.11 bits per heavy atom. The summed E-state index contributed by atoms with van der Waals surface area (Å²) >= 11 is 5.78. The average molecular weight is 276 g/mol. The first-order chi connectivity index (χ1) is 9.17. The topological polar surface area (TPSA) is 38.3 Å². The second-order valence-corrected chi connectivity index (χ2v) is 4.52. The first-order valence-corrected chi connectivity index (χ1v) is 6.23. The zero-order chi connectivity index (χ0) is 13.7. The van der Waals surface area contributed by atoms with Gasteiger partial charge in [-0.2, -0.15) is 0 Å². The van der Waals surface area contributed by atoms with Gasteiger partial charge in [0.1, 0.15) is 5.75 Å². The van der Waals surface area contributed by atoms with Crippen molar-refractivity contribution in [1.29, 1.82) is 0 Å². The molecule has 0 atom stereocenters. The molecule has 0 bridgehead atoms. The Hall–Kier alpha value is -2.00. The summed E-state index contributed by atoms with van der Waals surface area (Å²) < 4.78 is 5.07. The fourth-order valence-corrected chi connectivity index (χ4v) is 1.79. The van der Waals surface area contributed by atoms with E-state index in [9.17, 15) is 4.79 Å². The summed E-state index contributed by atoms with van der Waals surface area (Å²) in [7, 11) is 1.61. The van der Waals surface area contributed by atoms with Crippen molar-refractivity contribution in [3.05, 3.63) is 59.1 Å². The summed E-state index contributed by atoms with van der Waals surface area (Å²) in [5, 5.41) is 3.46. The number of methoxy groups -OCH3 is 1. The number of carbonyl (C=O) groups is 1. The molecule has 2 aromatic rings. The molecule has 0 saturated carbocycles. The zero-order valence-corrected chi connectivity index (χ0v) is 11.3. The van der Waals surface area contributed by atoms with E-state index in [-0.39, 0.29) is 5.91 Å². The minimum Gasteiger partial charge on any atom is -0.497 e. The van der Waals surface area contributed by atoms with E-state index in [1.54, 1.807) is 31.4 Å². The monoisotopic (exact) mass is 275 g/mol. The van der Waals surface area contributed by atoms with E-state index >= 15 is 0 Å². The van der Waals surface area contributed by atoms with Crippen LogP contribution in [0.3, 0.4) is 0 Å². The molecule has 0 saturated heterocycles. The van der Waals surface area contributed by atoms with E-state index in [1.165, 1.54) is 0 Å². The maximum absolute atomic E-state index is 11.8. The van der Waals surface area contributed by atoms with E-state index < -0.39 is 0 Å². The Morgan fingerprint density at radius 2 is 1.74 bits per heavy atom. The summed E-state index contributed by atoms with van der Waals surface area (Å²) in [6, 6.07) is 14.5. The van der Waals surface area contributed by atoms with Gasteiger partial charge in [0.2, 0.25) is 5.91 Å². The largest absolute Gasteiger partial charge is 0.497 e. The maximum Gasteiger partial charge on any atom is 0.228 e. The van der Waals surface area contributed by atoms with E-state index in [0.717, 1.165) is 17.0 Å². The Kier molecular flexibility index (Phi) is 4.42. The normalized spacial score (nSPS) is 10.0. The lowest BCUT2D eigenvalue weighted by Crippen LogP contribution is -2.14. The van der Waals surface area contributed by atoms with Crippen molar-refractivity contribution >= 4 is 23.2 Å². The van der Waals surface area contributed by atoms with E-state index in [0.29, 0.717) is 11.4 Å². The van der Waals surface area contributed by atoms with Crippen molar-refractivity contribution in [1.82, 2.24) is 0 Å². The van der Waals surface area contributed by atoms with E-state index in [2.05, 4.69) is 5.32 Å². The smallest absolute Gasteiger partial charge is 0.228 e. The molecule has 0 aliphatic rings. The first kappa shape index (κ1) is 13.4. The van der Waals surface area contributed by atoms with Crippen molar-refractivity contribution in [3.63, 3.8) is 0 Å². The van der Waals surface area contributed by atoms with Gasteiger partial charge in [0, 0.05) is 10.7 Å². The molecule has 0 heterocycles. The zero-order valence-electron chi connectivity index (χ0n) is 10.5. The van der Waals surface area contributed by atoms with Crippen molar-refractivity contribution in [3.8, 4) is 5.75 Å².